The van der Waals surface area contributed by atoms with E-state index in [2.05, 4.69) is 290 Å². The number of anilines is 3. The maximum atomic E-state index is 2.48. The van der Waals surface area contributed by atoms with E-state index in [9.17, 15) is 0 Å². The summed E-state index contributed by atoms with van der Waals surface area (Å²) in [5, 5.41) is 4.95. The van der Waals surface area contributed by atoms with E-state index < -0.39 is 5.41 Å². The Kier molecular flexibility index (Phi) is 10.1. The normalized spacial score (nSPS) is 12.4. The highest BCUT2D eigenvalue weighted by Gasteiger charge is 2.46. The van der Waals surface area contributed by atoms with Gasteiger partial charge in [-0.2, -0.15) is 0 Å². The molecule has 70 heavy (non-hydrogen) atoms. The molecule has 0 spiro atoms. The number of nitrogens with zero attached hydrogens (tertiary/aromatic N) is 1. The molecular weight excluding hydrogens is 843 g/mol. The van der Waals surface area contributed by atoms with Crippen LogP contribution < -0.4 is 4.90 Å². The zero-order valence-electron chi connectivity index (χ0n) is 38.6. The highest BCUT2D eigenvalue weighted by molar-refractivity contribution is 6.22. The molecule has 0 saturated carbocycles. The molecule has 0 saturated heterocycles. The summed E-state index contributed by atoms with van der Waals surface area (Å²) < 4.78 is 0. The van der Waals surface area contributed by atoms with Gasteiger partial charge in [-0.15, -0.1) is 0 Å². The molecule has 13 rings (SSSR count). The van der Waals surface area contributed by atoms with E-state index in [4.69, 9.17) is 0 Å². The van der Waals surface area contributed by atoms with Gasteiger partial charge in [0.05, 0.1) is 11.1 Å². The lowest BCUT2D eigenvalue weighted by Crippen LogP contribution is -2.28. The van der Waals surface area contributed by atoms with E-state index >= 15 is 0 Å². The van der Waals surface area contributed by atoms with Crippen LogP contribution in [-0.4, -0.2) is 0 Å². The van der Waals surface area contributed by atoms with E-state index in [0.29, 0.717) is 0 Å². The molecule has 0 aromatic heterocycles. The zero-order valence-corrected chi connectivity index (χ0v) is 38.6. The molecule has 0 fully saturated rings. The van der Waals surface area contributed by atoms with Gasteiger partial charge in [0, 0.05) is 16.9 Å². The molecule has 1 heteroatoms. The van der Waals surface area contributed by atoms with Crippen molar-refractivity contribution in [3.63, 3.8) is 0 Å². The Labute approximate surface area is 409 Å². The lowest BCUT2D eigenvalue weighted by atomic mass is 9.67. The molecule has 1 aliphatic carbocycles. The summed E-state index contributed by atoms with van der Waals surface area (Å²) in [5.41, 5.74) is 19.9. The Hall–Kier alpha value is -9.04. The van der Waals surface area contributed by atoms with E-state index in [1.807, 2.05) is 0 Å². The van der Waals surface area contributed by atoms with E-state index in [-0.39, 0.29) is 0 Å². The van der Waals surface area contributed by atoms with Crippen LogP contribution in [0, 0.1) is 0 Å². The average Bonchev–Trinajstić information content (AvgIpc) is 3.74. The smallest absolute Gasteiger partial charge is 0.0714 e. The highest BCUT2D eigenvalue weighted by atomic mass is 15.1. The molecule has 0 radical (unpaired) electrons. The van der Waals surface area contributed by atoms with Crippen LogP contribution in [0.5, 0.6) is 0 Å². The first kappa shape index (κ1) is 41.2. The lowest BCUT2D eigenvalue weighted by Gasteiger charge is -2.35. The monoisotopic (exact) mass is 889 g/mol. The molecule has 12 aromatic rings. The Morgan fingerprint density at radius 1 is 0.243 bits per heavy atom. The Balaban J connectivity index is 1.07. The number of hydrogen-bond acceptors (Lipinski definition) is 1. The van der Waals surface area contributed by atoms with Crippen LogP contribution in [0.4, 0.5) is 17.1 Å². The second-order valence-electron chi connectivity index (χ2n) is 18.3. The van der Waals surface area contributed by atoms with Gasteiger partial charge in [-0.05, 0) is 130 Å². The van der Waals surface area contributed by atoms with Crippen LogP contribution in [0.1, 0.15) is 22.3 Å². The third-order valence-corrected chi connectivity index (χ3v) is 14.5. The molecule has 0 bridgehead atoms. The maximum Gasteiger partial charge on any atom is 0.0714 e. The van der Waals surface area contributed by atoms with Crippen molar-refractivity contribution in [1.29, 1.82) is 0 Å². The molecule has 0 atom stereocenters. The Morgan fingerprint density at radius 2 is 0.686 bits per heavy atom. The minimum Gasteiger partial charge on any atom is -0.310 e. The minimum atomic E-state index is -0.543. The van der Waals surface area contributed by atoms with Crippen molar-refractivity contribution in [2.75, 3.05) is 4.90 Å². The van der Waals surface area contributed by atoms with Crippen molar-refractivity contribution >= 4 is 38.6 Å². The molecule has 0 heterocycles. The first-order valence-electron chi connectivity index (χ1n) is 24.3. The molecule has 1 nitrogen and oxygen atoms in total. The fraction of sp³-hybridized carbons (Fsp3) is 0.0145. The highest BCUT2D eigenvalue weighted by Crippen LogP contribution is 2.58. The van der Waals surface area contributed by atoms with E-state index in [0.717, 1.165) is 28.2 Å². The van der Waals surface area contributed by atoms with Crippen LogP contribution in [0.3, 0.4) is 0 Å². The molecular formula is C69H47N. The molecule has 0 N–H and O–H groups in total. The summed E-state index contributed by atoms with van der Waals surface area (Å²) in [6.45, 7) is 0. The van der Waals surface area contributed by atoms with Gasteiger partial charge in [0.15, 0.2) is 0 Å². The van der Waals surface area contributed by atoms with Gasteiger partial charge in [-0.3, -0.25) is 0 Å². The maximum absolute atomic E-state index is 2.48. The van der Waals surface area contributed by atoms with Crippen molar-refractivity contribution in [2.24, 2.45) is 0 Å². The summed E-state index contributed by atoms with van der Waals surface area (Å²) >= 11 is 0. The van der Waals surface area contributed by atoms with Gasteiger partial charge in [-0.1, -0.05) is 249 Å². The summed E-state index contributed by atoms with van der Waals surface area (Å²) in [4.78, 5) is 2.48. The lowest BCUT2D eigenvalue weighted by molar-refractivity contribution is 0.768. The van der Waals surface area contributed by atoms with Crippen molar-refractivity contribution in [1.82, 2.24) is 0 Å². The Morgan fingerprint density at radius 3 is 1.33 bits per heavy atom. The molecule has 0 unspecified atom stereocenters. The fourth-order valence-corrected chi connectivity index (χ4v) is 11.5. The van der Waals surface area contributed by atoms with Crippen molar-refractivity contribution in [3.05, 3.63) is 307 Å². The molecule has 12 aromatic carbocycles. The molecule has 328 valence electrons. The van der Waals surface area contributed by atoms with Crippen molar-refractivity contribution in [3.8, 4) is 55.6 Å². The summed E-state index contributed by atoms with van der Waals surface area (Å²) in [7, 11) is 0. The largest absolute Gasteiger partial charge is 0.310 e. The SMILES string of the molecule is c1ccc(-c2ccc(N(c3ccc4c(c3)C(c3ccccc3)(c3ccccc3)c3ccccc3-4)c3ccccc3-c3ccc4c(c3)c(-c3ccccc3)c(-c3ccccc3)c3ccccc34)cc2)cc1. The first-order chi connectivity index (χ1) is 34.8. The van der Waals surface area contributed by atoms with E-state index in [1.54, 1.807) is 0 Å². The van der Waals surface area contributed by atoms with Crippen LogP contribution in [-0.2, 0) is 5.41 Å². The van der Waals surface area contributed by atoms with Gasteiger partial charge in [0.2, 0.25) is 0 Å². The Bertz CT molecular complexity index is 3800. The van der Waals surface area contributed by atoms with Crippen LogP contribution in [0.2, 0.25) is 0 Å². The number of benzene rings is 12. The van der Waals surface area contributed by atoms with Gasteiger partial charge in [0.25, 0.3) is 0 Å². The van der Waals surface area contributed by atoms with Crippen LogP contribution >= 0.6 is 0 Å². The quantitative estimate of drug-likeness (QED) is 0.131. The van der Waals surface area contributed by atoms with Crippen LogP contribution in [0.25, 0.3) is 77.2 Å². The fourth-order valence-electron chi connectivity index (χ4n) is 11.5. The molecule has 1 aliphatic rings. The second-order valence-corrected chi connectivity index (χ2v) is 18.3. The third kappa shape index (κ3) is 6.70. The average molecular weight is 890 g/mol. The number of fused-ring (bicyclic) bond motifs is 6. The minimum absolute atomic E-state index is 0.543. The molecule has 0 amide bonds. The van der Waals surface area contributed by atoms with Gasteiger partial charge < -0.3 is 4.90 Å². The first-order valence-corrected chi connectivity index (χ1v) is 24.3. The van der Waals surface area contributed by atoms with Crippen LogP contribution in [0.15, 0.2) is 285 Å². The second kappa shape index (κ2) is 17.2. The number of rotatable bonds is 9. The molecule has 0 aliphatic heterocycles. The predicted molar refractivity (Wildman–Crippen MR) is 295 cm³/mol. The van der Waals surface area contributed by atoms with Crippen molar-refractivity contribution in [2.45, 2.75) is 5.41 Å². The summed E-state index contributed by atoms with van der Waals surface area (Å²) in [6, 6.07) is 105. The van der Waals surface area contributed by atoms with Gasteiger partial charge >= 0.3 is 0 Å². The summed E-state index contributed by atoms with van der Waals surface area (Å²) in [5.74, 6) is 0. The number of para-hydroxylation sites is 1. The zero-order chi connectivity index (χ0) is 46.4. The van der Waals surface area contributed by atoms with E-state index in [1.165, 1.54) is 88.3 Å². The number of hydrogen-bond donors (Lipinski definition) is 0. The standard InChI is InChI=1S/C69H47N/c1-6-22-48(23-7-1)49-38-41-55(42-39-49)70(56-43-45-61-60-34-18-20-36-64(60)69(65(61)47-56,53-28-12-4-13-29-53)54-30-14-5-15-31-54)66-37-21-19-32-57(66)52-40-44-59-58-33-16-17-35-62(58)67(50-24-8-2-9-25-50)68(63(59)46-52)51-26-10-3-11-27-51/h1-47H. The van der Waals surface area contributed by atoms with Gasteiger partial charge in [0.1, 0.15) is 0 Å². The van der Waals surface area contributed by atoms with Gasteiger partial charge in [-0.25, -0.2) is 0 Å². The van der Waals surface area contributed by atoms with Crippen molar-refractivity contribution < 1.29 is 0 Å². The predicted octanol–water partition coefficient (Wildman–Crippen LogP) is 18.5. The summed E-state index contributed by atoms with van der Waals surface area (Å²) in [6.07, 6.45) is 0. The third-order valence-electron chi connectivity index (χ3n) is 14.5. The topological polar surface area (TPSA) is 3.24 Å².